The van der Waals surface area contributed by atoms with Gasteiger partial charge in [0.05, 0.1) is 11.4 Å². The molecule has 3 rings (SSSR count). The van der Waals surface area contributed by atoms with Crippen LogP contribution in [-0.4, -0.2) is 25.0 Å². The third-order valence-corrected chi connectivity index (χ3v) is 5.28. The minimum absolute atomic E-state index is 0.0323. The van der Waals surface area contributed by atoms with Crippen molar-refractivity contribution in [1.82, 2.24) is 14.8 Å². The molecule has 0 atom stereocenters. The zero-order chi connectivity index (χ0) is 22.5. The summed E-state index contributed by atoms with van der Waals surface area (Å²) in [7, 11) is 0. The molecule has 0 aliphatic heterocycles. The van der Waals surface area contributed by atoms with Gasteiger partial charge >= 0.3 is 0 Å². The highest BCUT2D eigenvalue weighted by Gasteiger charge is 2.15. The van der Waals surface area contributed by atoms with E-state index in [1.54, 1.807) is 12.2 Å². The van der Waals surface area contributed by atoms with Gasteiger partial charge in [-0.15, -0.1) is 0 Å². The number of aromatic amines is 1. The Morgan fingerprint density at radius 2 is 1.84 bits per heavy atom. The molecule has 0 saturated carbocycles. The zero-order valence-corrected chi connectivity index (χ0v) is 19.2. The van der Waals surface area contributed by atoms with Crippen LogP contribution in [0.3, 0.4) is 0 Å². The van der Waals surface area contributed by atoms with Crippen molar-refractivity contribution in [2.75, 3.05) is 0 Å². The molecule has 0 radical (unpaired) electrons. The van der Waals surface area contributed by atoms with Crippen molar-refractivity contribution in [3.8, 4) is 5.69 Å². The molecule has 0 fully saturated rings. The first-order valence-electron chi connectivity index (χ1n) is 10.5. The highest BCUT2D eigenvalue weighted by Crippen LogP contribution is 2.29. The fraction of sp³-hybridized carbons (Fsp3) is 0.280. The smallest absolute Gasteiger partial charge is 0.200 e. The lowest BCUT2D eigenvalue weighted by Gasteiger charge is -2.14. The molecule has 3 N–H and O–H groups in total. The second-order valence-corrected chi connectivity index (χ2v) is 8.38. The maximum Gasteiger partial charge on any atom is 0.200 e. The van der Waals surface area contributed by atoms with Gasteiger partial charge in [-0.1, -0.05) is 57.2 Å². The molecule has 0 aliphatic rings. The normalized spacial score (nSPS) is 13.4. The highest BCUT2D eigenvalue weighted by atomic mass is 32.1. The Bertz CT molecular complexity index is 1230. The van der Waals surface area contributed by atoms with Crippen molar-refractivity contribution in [3.05, 3.63) is 82.3 Å². The number of fused-ring (bicyclic) bond motifs is 1. The van der Waals surface area contributed by atoms with E-state index in [0.717, 1.165) is 23.1 Å². The Morgan fingerprint density at radius 1 is 1.13 bits per heavy atom. The largest absolute Gasteiger partial charge is 0.512 e. The lowest BCUT2D eigenvalue weighted by atomic mass is 9.96. The van der Waals surface area contributed by atoms with Crippen LogP contribution in [0.2, 0.25) is 0 Å². The molecule has 0 unspecified atom stereocenters. The average Bonchev–Trinajstić information content (AvgIpc) is 3.08. The Hall–Kier alpha value is -3.12. The van der Waals surface area contributed by atoms with Crippen LogP contribution in [0.25, 0.3) is 22.0 Å². The van der Waals surface area contributed by atoms with Crippen LogP contribution in [0.1, 0.15) is 45.5 Å². The maximum atomic E-state index is 9.97. The van der Waals surface area contributed by atoms with Gasteiger partial charge < -0.3 is 10.2 Å². The summed E-state index contributed by atoms with van der Waals surface area (Å²) in [5, 5.41) is 29.0. The molecule has 0 saturated heterocycles. The first-order chi connectivity index (χ1) is 14.8. The number of aliphatic hydroxyl groups is 2. The number of hydrogen-bond donors (Lipinski definition) is 3. The molecule has 0 amide bonds. The molecule has 3 aromatic rings. The number of nitrogens with zero attached hydrogens (tertiary/aromatic N) is 2. The first-order valence-corrected chi connectivity index (χ1v) is 10.9. The third kappa shape index (κ3) is 5.14. The van der Waals surface area contributed by atoms with Crippen molar-refractivity contribution >= 4 is 28.6 Å². The lowest BCUT2D eigenvalue weighted by Crippen LogP contribution is -2.03. The topological polar surface area (TPSA) is 74.1 Å². The third-order valence-electron chi connectivity index (χ3n) is 5.01. The van der Waals surface area contributed by atoms with Crippen LogP contribution < -0.4 is 0 Å². The van der Waals surface area contributed by atoms with Gasteiger partial charge in [0.15, 0.2) is 10.6 Å². The fourth-order valence-corrected chi connectivity index (χ4v) is 3.94. The molecule has 0 aliphatic carbocycles. The number of aliphatic hydroxyl groups excluding tert-OH is 2. The number of aromatic nitrogens is 3. The van der Waals surface area contributed by atoms with E-state index in [-0.39, 0.29) is 11.5 Å². The summed E-state index contributed by atoms with van der Waals surface area (Å²) in [5.41, 5.74) is 3.19. The number of H-pyrrole nitrogens is 1. The van der Waals surface area contributed by atoms with Crippen LogP contribution in [0.15, 0.2) is 66.1 Å². The highest BCUT2D eigenvalue weighted by molar-refractivity contribution is 7.71. The number of benzene rings is 2. The summed E-state index contributed by atoms with van der Waals surface area (Å²) in [4.78, 5) is 0. The van der Waals surface area contributed by atoms with E-state index in [0.29, 0.717) is 22.9 Å². The monoisotopic (exact) mass is 435 g/mol. The van der Waals surface area contributed by atoms with E-state index in [4.69, 9.17) is 12.2 Å². The molecule has 1 aromatic heterocycles. The van der Waals surface area contributed by atoms with Gasteiger partial charge in [0.1, 0.15) is 5.76 Å². The summed E-state index contributed by atoms with van der Waals surface area (Å²) in [6.07, 6.45) is 6.33. The van der Waals surface area contributed by atoms with Gasteiger partial charge in [-0.2, -0.15) is 5.10 Å². The first kappa shape index (κ1) is 22.6. The van der Waals surface area contributed by atoms with E-state index < -0.39 is 0 Å². The number of rotatable bonds is 7. The summed E-state index contributed by atoms with van der Waals surface area (Å²) in [6, 6.07) is 12.6. The molecular formula is C25H29N3O2S. The van der Waals surface area contributed by atoms with E-state index in [1.807, 2.05) is 11.5 Å². The van der Waals surface area contributed by atoms with Crippen molar-refractivity contribution in [2.24, 2.45) is 5.92 Å². The minimum Gasteiger partial charge on any atom is -0.512 e. The SMILES string of the molecule is CC\C(=C/C=C(O)\C=C(/C)O)c1n[nH]c(=S)n1-c1cccc2c(CC(C)C)cccc12. The van der Waals surface area contributed by atoms with Crippen molar-refractivity contribution < 1.29 is 10.2 Å². The molecule has 5 nitrogen and oxygen atoms in total. The molecule has 6 heteroatoms. The molecular weight excluding hydrogens is 406 g/mol. The Morgan fingerprint density at radius 3 is 2.52 bits per heavy atom. The standard InChI is InChI=1S/C25H29N3O2S/c1-5-18(12-13-20(30)15-17(4)29)24-26-27-25(31)28(24)23-11-7-9-21-19(14-16(2)3)8-6-10-22(21)23/h6-13,15-16,29-30H,5,14H2,1-4H3,(H,27,31)/b17-15+,18-12+,20-13+. The second kappa shape index (κ2) is 9.79. The number of hydrogen-bond acceptors (Lipinski definition) is 4. The van der Waals surface area contributed by atoms with Gasteiger partial charge in [0, 0.05) is 11.5 Å². The maximum absolute atomic E-state index is 9.97. The van der Waals surface area contributed by atoms with Gasteiger partial charge in [0.2, 0.25) is 0 Å². The lowest BCUT2D eigenvalue weighted by molar-refractivity contribution is 0.393. The molecule has 31 heavy (non-hydrogen) atoms. The Kier molecular flexibility index (Phi) is 7.13. The van der Waals surface area contributed by atoms with Crippen molar-refractivity contribution in [1.29, 1.82) is 0 Å². The summed E-state index contributed by atoms with van der Waals surface area (Å²) < 4.78 is 2.46. The summed E-state index contributed by atoms with van der Waals surface area (Å²) >= 11 is 5.59. The van der Waals surface area contributed by atoms with E-state index >= 15 is 0 Å². The van der Waals surface area contributed by atoms with Crippen LogP contribution in [0.5, 0.6) is 0 Å². The minimum atomic E-state index is -0.0323. The summed E-state index contributed by atoms with van der Waals surface area (Å²) in [6.45, 7) is 7.98. The predicted molar refractivity (Wildman–Crippen MR) is 130 cm³/mol. The average molecular weight is 436 g/mol. The van der Waals surface area contributed by atoms with Crippen LogP contribution in [-0.2, 0) is 6.42 Å². The van der Waals surface area contributed by atoms with E-state index in [9.17, 15) is 10.2 Å². The fourth-order valence-electron chi connectivity index (χ4n) is 3.71. The van der Waals surface area contributed by atoms with Crippen LogP contribution in [0.4, 0.5) is 0 Å². The van der Waals surface area contributed by atoms with Gasteiger partial charge in [-0.25, -0.2) is 0 Å². The van der Waals surface area contributed by atoms with E-state index in [2.05, 4.69) is 60.4 Å². The summed E-state index contributed by atoms with van der Waals surface area (Å²) in [5.74, 6) is 1.26. The molecule has 0 spiro atoms. The van der Waals surface area contributed by atoms with Gasteiger partial charge in [-0.3, -0.25) is 9.67 Å². The van der Waals surface area contributed by atoms with Gasteiger partial charge in [-0.05, 0) is 66.6 Å². The number of allylic oxidation sites excluding steroid dienone is 5. The molecule has 2 aromatic carbocycles. The number of nitrogens with one attached hydrogen (secondary N) is 1. The van der Waals surface area contributed by atoms with Crippen molar-refractivity contribution in [3.63, 3.8) is 0 Å². The molecule has 0 bridgehead atoms. The quantitative estimate of drug-likeness (QED) is 0.213. The van der Waals surface area contributed by atoms with Gasteiger partial charge in [0.25, 0.3) is 0 Å². The molecule has 1 heterocycles. The zero-order valence-electron chi connectivity index (χ0n) is 18.4. The Balaban J connectivity index is 2.18. The predicted octanol–water partition coefficient (Wildman–Crippen LogP) is 6.98. The van der Waals surface area contributed by atoms with Crippen molar-refractivity contribution in [2.45, 2.75) is 40.5 Å². The Labute approximate surface area is 188 Å². The van der Waals surface area contributed by atoms with E-state index in [1.165, 1.54) is 23.9 Å². The second-order valence-electron chi connectivity index (χ2n) is 8.00. The van der Waals surface area contributed by atoms with Crippen LogP contribution >= 0.6 is 12.2 Å². The van der Waals surface area contributed by atoms with Crippen LogP contribution in [0, 0.1) is 10.7 Å². The molecule has 162 valence electrons.